The van der Waals surface area contributed by atoms with E-state index >= 15 is 0 Å². The molecule has 0 aromatic heterocycles. The van der Waals surface area contributed by atoms with Gasteiger partial charge in [-0.3, -0.25) is 9.59 Å². The van der Waals surface area contributed by atoms with Gasteiger partial charge in [-0.2, -0.15) is 4.31 Å². The summed E-state index contributed by atoms with van der Waals surface area (Å²) in [5.41, 5.74) is 0.947. The molecule has 1 aliphatic rings. The van der Waals surface area contributed by atoms with E-state index in [1.54, 1.807) is 36.4 Å². The van der Waals surface area contributed by atoms with Crippen molar-refractivity contribution in [1.82, 2.24) is 9.62 Å². The summed E-state index contributed by atoms with van der Waals surface area (Å²) < 4.78 is 26.9. The normalized spacial score (nSPS) is 14.5. The molecule has 1 heterocycles. The highest BCUT2D eigenvalue weighted by atomic mass is 32.2. The van der Waals surface area contributed by atoms with Gasteiger partial charge in [0.25, 0.3) is 11.8 Å². The van der Waals surface area contributed by atoms with E-state index < -0.39 is 15.9 Å². The van der Waals surface area contributed by atoms with Crippen LogP contribution in [-0.2, 0) is 10.0 Å². The topological polar surface area (TPSA) is 95.6 Å². The van der Waals surface area contributed by atoms with Crippen molar-refractivity contribution < 1.29 is 18.0 Å². The molecule has 0 radical (unpaired) electrons. The van der Waals surface area contributed by atoms with Crippen LogP contribution in [0.2, 0.25) is 0 Å². The van der Waals surface area contributed by atoms with Crippen molar-refractivity contribution in [2.24, 2.45) is 0 Å². The van der Waals surface area contributed by atoms with E-state index in [2.05, 4.69) is 10.6 Å². The summed E-state index contributed by atoms with van der Waals surface area (Å²) in [5.74, 6) is -0.743. The zero-order valence-corrected chi connectivity index (χ0v) is 17.2. The van der Waals surface area contributed by atoms with E-state index in [0.717, 1.165) is 19.3 Å². The first-order chi connectivity index (χ1) is 13.9. The van der Waals surface area contributed by atoms with Crippen LogP contribution in [0.1, 0.15) is 46.9 Å². The van der Waals surface area contributed by atoms with E-state index in [0.29, 0.717) is 30.9 Å². The maximum Gasteiger partial charge on any atom is 0.255 e. The summed E-state index contributed by atoms with van der Waals surface area (Å²) in [5, 5.41) is 5.51. The summed E-state index contributed by atoms with van der Waals surface area (Å²) in [4.78, 5) is 25.2. The largest absolute Gasteiger partial charge is 0.352 e. The highest BCUT2D eigenvalue weighted by Crippen LogP contribution is 2.22. The molecule has 2 aromatic rings. The number of nitrogens with zero attached hydrogens (tertiary/aromatic N) is 1. The minimum absolute atomic E-state index is 0.0982. The Morgan fingerprint density at radius 3 is 2.45 bits per heavy atom. The Balaban J connectivity index is 1.81. The Labute approximate surface area is 171 Å². The van der Waals surface area contributed by atoms with Crippen LogP contribution in [0.25, 0.3) is 0 Å². The smallest absolute Gasteiger partial charge is 0.255 e. The second-order valence-corrected chi connectivity index (χ2v) is 8.83. The van der Waals surface area contributed by atoms with Crippen LogP contribution < -0.4 is 10.6 Å². The zero-order chi connectivity index (χ0) is 20.9. The first-order valence-electron chi connectivity index (χ1n) is 9.72. The fourth-order valence-corrected chi connectivity index (χ4v) is 4.76. The fraction of sp³-hybridized carbons (Fsp3) is 0.333. The van der Waals surface area contributed by atoms with E-state index in [-0.39, 0.29) is 16.4 Å². The lowest BCUT2D eigenvalue weighted by Gasteiger charge is -2.16. The number of amides is 2. The number of sulfonamides is 1. The molecule has 0 bridgehead atoms. The van der Waals surface area contributed by atoms with Gasteiger partial charge in [0.15, 0.2) is 0 Å². The number of nitrogens with one attached hydrogen (secondary N) is 2. The number of benzene rings is 2. The number of hydrogen-bond donors (Lipinski definition) is 2. The summed E-state index contributed by atoms with van der Waals surface area (Å²) in [7, 11) is -3.61. The molecule has 0 atom stereocenters. The molecule has 1 fully saturated rings. The van der Waals surface area contributed by atoms with Crippen LogP contribution in [0, 0.1) is 0 Å². The van der Waals surface area contributed by atoms with Crippen molar-refractivity contribution >= 4 is 27.5 Å². The second-order valence-electron chi connectivity index (χ2n) is 6.89. The summed E-state index contributed by atoms with van der Waals surface area (Å²) in [6.07, 6.45) is 2.49. The Kier molecular flexibility index (Phi) is 6.66. The Morgan fingerprint density at radius 2 is 1.72 bits per heavy atom. The Morgan fingerprint density at radius 1 is 1.00 bits per heavy atom. The van der Waals surface area contributed by atoms with E-state index in [1.165, 1.54) is 16.4 Å². The molecular formula is C21H25N3O4S. The van der Waals surface area contributed by atoms with Gasteiger partial charge in [-0.15, -0.1) is 0 Å². The third-order valence-electron chi connectivity index (χ3n) is 4.75. The SMILES string of the molecule is CCCNC(=O)c1ccccc1NC(=O)c1cccc(S(=O)(=O)N2CCCC2)c1. The van der Waals surface area contributed by atoms with Crippen molar-refractivity contribution in [3.8, 4) is 0 Å². The molecule has 2 amide bonds. The molecule has 0 spiro atoms. The van der Waals surface area contributed by atoms with Crippen molar-refractivity contribution in [3.05, 3.63) is 59.7 Å². The third-order valence-corrected chi connectivity index (χ3v) is 6.65. The Bertz CT molecular complexity index is 998. The molecule has 8 heteroatoms. The van der Waals surface area contributed by atoms with Crippen LogP contribution in [-0.4, -0.2) is 44.2 Å². The number of para-hydroxylation sites is 1. The van der Waals surface area contributed by atoms with Crippen LogP contribution in [0.15, 0.2) is 53.4 Å². The minimum atomic E-state index is -3.61. The van der Waals surface area contributed by atoms with Crippen LogP contribution in [0.3, 0.4) is 0 Å². The second kappa shape index (κ2) is 9.19. The first-order valence-corrected chi connectivity index (χ1v) is 11.2. The maximum atomic E-state index is 12.8. The van der Waals surface area contributed by atoms with Gasteiger partial charge in [0.05, 0.1) is 16.1 Å². The minimum Gasteiger partial charge on any atom is -0.352 e. The van der Waals surface area contributed by atoms with Gasteiger partial charge in [0, 0.05) is 25.2 Å². The average Bonchev–Trinajstić information content (AvgIpc) is 3.28. The van der Waals surface area contributed by atoms with Gasteiger partial charge >= 0.3 is 0 Å². The van der Waals surface area contributed by atoms with E-state index in [1.807, 2.05) is 6.92 Å². The molecule has 7 nitrogen and oxygen atoms in total. The molecule has 29 heavy (non-hydrogen) atoms. The Hall–Kier alpha value is -2.71. The molecule has 1 saturated heterocycles. The molecule has 0 unspecified atom stereocenters. The van der Waals surface area contributed by atoms with E-state index in [9.17, 15) is 18.0 Å². The number of carbonyl (C=O) groups is 2. The third kappa shape index (κ3) is 4.83. The lowest BCUT2D eigenvalue weighted by Crippen LogP contribution is -2.28. The van der Waals surface area contributed by atoms with Crippen LogP contribution in [0.4, 0.5) is 5.69 Å². The lowest BCUT2D eigenvalue weighted by atomic mass is 10.1. The quantitative estimate of drug-likeness (QED) is 0.727. The lowest BCUT2D eigenvalue weighted by molar-refractivity contribution is 0.0954. The highest BCUT2D eigenvalue weighted by Gasteiger charge is 2.27. The predicted octanol–water partition coefficient (Wildman–Crippen LogP) is 2.86. The number of rotatable bonds is 7. The van der Waals surface area contributed by atoms with Crippen molar-refractivity contribution in [2.45, 2.75) is 31.1 Å². The van der Waals surface area contributed by atoms with Gasteiger partial charge in [0.2, 0.25) is 10.0 Å². The van der Waals surface area contributed by atoms with E-state index in [4.69, 9.17) is 0 Å². The average molecular weight is 416 g/mol. The maximum absolute atomic E-state index is 12.8. The molecular weight excluding hydrogens is 390 g/mol. The number of hydrogen-bond acceptors (Lipinski definition) is 4. The van der Waals surface area contributed by atoms with Crippen molar-refractivity contribution in [2.75, 3.05) is 25.0 Å². The standard InChI is InChI=1S/C21H25N3O4S/c1-2-12-22-21(26)18-10-3-4-11-19(18)23-20(25)16-8-7-9-17(15-16)29(27,28)24-13-5-6-14-24/h3-4,7-11,15H,2,5-6,12-14H2,1H3,(H,22,26)(H,23,25). The summed E-state index contributed by atoms with van der Waals surface area (Å²) in [6.45, 7) is 3.49. The van der Waals surface area contributed by atoms with Crippen molar-refractivity contribution in [3.63, 3.8) is 0 Å². The highest BCUT2D eigenvalue weighted by molar-refractivity contribution is 7.89. The van der Waals surface area contributed by atoms with Gasteiger partial charge in [-0.1, -0.05) is 25.1 Å². The number of carbonyl (C=O) groups excluding carboxylic acids is 2. The van der Waals surface area contributed by atoms with Crippen LogP contribution in [0.5, 0.6) is 0 Å². The predicted molar refractivity (Wildman–Crippen MR) is 111 cm³/mol. The van der Waals surface area contributed by atoms with Crippen LogP contribution >= 0.6 is 0 Å². The van der Waals surface area contributed by atoms with Gasteiger partial charge < -0.3 is 10.6 Å². The molecule has 3 rings (SSSR count). The van der Waals surface area contributed by atoms with Crippen molar-refractivity contribution in [1.29, 1.82) is 0 Å². The number of anilines is 1. The molecule has 2 N–H and O–H groups in total. The summed E-state index contributed by atoms with van der Waals surface area (Å²) >= 11 is 0. The molecule has 0 saturated carbocycles. The summed E-state index contributed by atoms with van der Waals surface area (Å²) in [6, 6.07) is 12.7. The fourth-order valence-electron chi connectivity index (χ4n) is 3.19. The van der Waals surface area contributed by atoms with Gasteiger partial charge in [-0.25, -0.2) is 8.42 Å². The van der Waals surface area contributed by atoms with Gasteiger partial charge in [0.1, 0.15) is 0 Å². The molecule has 1 aliphatic heterocycles. The first kappa shape index (κ1) is 21.0. The monoisotopic (exact) mass is 415 g/mol. The zero-order valence-electron chi connectivity index (χ0n) is 16.3. The molecule has 2 aromatic carbocycles. The van der Waals surface area contributed by atoms with Gasteiger partial charge in [-0.05, 0) is 49.6 Å². The molecule has 154 valence electrons. The molecule has 0 aliphatic carbocycles.